The molecule has 1 atom stereocenters. The van der Waals surface area contributed by atoms with Gasteiger partial charge in [0.1, 0.15) is 5.75 Å². The molecule has 0 fully saturated rings. The summed E-state index contributed by atoms with van der Waals surface area (Å²) in [5.41, 5.74) is 0.542. The van der Waals surface area contributed by atoms with Crippen molar-refractivity contribution in [3.63, 3.8) is 0 Å². The van der Waals surface area contributed by atoms with E-state index >= 15 is 0 Å². The van der Waals surface area contributed by atoms with E-state index in [1.807, 2.05) is 0 Å². The van der Waals surface area contributed by atoms with E-state index in [-0.39, 0.29) is 17.0 Å². The smallest absolute Gasteiger partial charge is 0.422 e. The minimum absolute atomic E-state index is 0.0173. The van der Waals surface area contributed by atoms with Gasteiger partial charge in [-0.1, -0.05) is 12.1 Å². The van der Waals surface area contributed by atoms with Gasteiger partial charge in [-0.25, -0.2) is 4.98 Å². The average Bonchev–Trinajstić information content (AvgIpc) is 2.65. The van der Waals surface area contributed by atoms with Gasteiger partial charge >= 0.3 is 6.18 Å². The molecule has 1 unspecified atom stereocenters. The zero-order valence-corrected chi connectivity index (χ0v) is 14.5. The Hall–Kier alpha value is -3.43. The minimum Gasteiger partial charge on any atom is -0.484 e. The van der Waals surface area contributed by atoms with Gasteiger partial charge in [-0.3, -0.25) is 19.5 Å². The highest BCUT2D eigenvalue weighted by atomic mass is 19.4. The Bertz CT molecular complexity index is 1100. The summed E-state index contributed by atoms with van der Waals surface area (Å²) >= 11 is 0. The highest BCUT2D eigenvalue weighted by molar-refractivity contribution is 5.77. The van der Waals surface area contributed by atoms with Crippen molar-refractivity contribution < 1.29 is 22.8 Å². The maximum absolute atomic E-state index is 12.4. The van der Waals surface area contributed by atoms with Gasteiger partial charge in [-0.15, -0.1) is 0 Å². The number of hydrogen-bond acceptors (Lipinski definition) is 5. The summed E-state index contributed by atoms with van der Waals surface area (Å²) in [7, 11) is 0. The molecule has 0 saturated carbocycles. The number of ether oxygens (including phenoxy) is 1. The standard InChI is InChI=1S/C18H14F3N3O4/c1-11(12-3-2-4-14(7-12)28-10-18(19,20)21)23-16-6-5-13(24(26)27)8-15(16)22-9-17(23)25/h2-9,11H,10H2,1H3. The van der Waals surface area contributed by atoms with Gasteiger partial charge in [0, 0.05) is 12.1 Å². The first-order valence-corrected chi connectivity index (χ1v) is 8.11. The molecule has 0 aliphatic carbocycles. The van der Waals surface area contributed by atoms with Crippen LogP contribution in [-0.4, -0.2) is 27.3 Å². The molecule has 0 aliphatic rings. The summed E-state index contributed by atoms with van der Waals surface area (Å²) in [6.07, 6.45) is -3.42. The van der Waals surface area contributed by atoms with Gasteiger partial charge in [-0.2, -0.15) is 13.2 Å². The zero-order valence-electron chi connectivity index (χ0n) is 14.5. The maximum Gasteiger partial charge on any atom is 0.422 e. The van der Waals surface area contributed by atoms with Gasteiger partial charge in [-0.05, 0) is 30.7 Å². The molecule has 0 aliphatic heterocycles. The lowest BCUT2D eigenvalue weighted by molar-refractivity contribution is -0.384. The number of halogens is 3. The molecule has 3 aromatic rings. The van der Waals surface area contributed by atoms with Gasteiger partial charge in [0.15, 0.2) is 6.61 Å². The largest absolute Gasteiger partial charge is 0.484 e. The Labute approximate surface area is 156 Å². The van der Waals surface area contributed by atoms with Crippen molar-refractivity contribution in [3.05, 3.63) is 74.7 Å². The van der Waals surface area contributed by atoms with Crippen molar-refractivity contribution in [1.82, 2.24) is 9.55 Å². The van der Waals surface area contributed by atoms with Crippen LogP contribution in [-0.2, 0) is 0 Å². The average molecular weight is 393 g/mol. The molecule has 0 spiro atoms. The maximum atomic E-state index is 12.4. The van der Waals surface area contributed by atoms with Crippen LogP contribution >= 0.6 is 0 Å². The Morgan fingerprint density at radius 2 is 2.00 bits per heavy atom. The molecule has 1 aromatic heterocycles. The Balaban J connectivity index is 2.01. The number of benzene rings is 2. The molecule has 3 rings (SSSR count). The molecular weight excluding hydrogens is 379 g/mol. The molecular formula is C18H14F3N3O4. The van der Waals surface area contributed by atoms with Crippen LogP contribution in [0.3, 0.4) is 0 Å². The SMILES string of the molecule is CC(c1cccc(OCC(F)(F)F)c1)n1c(=O)cnc2cc([N+](=O)[O-])ccc21. The molecule has 7 nitrogen and oxygen atoms in total. The van der Waals surface area contributed by atoms with Crippen LogP contribution in [0, 0.1) is 10.1 Å². The first-order valence-electron chi connectivity index (χ1n) is 8.11. The molecule has 0 bridgehead atoms. The fourth-order valence-corrected chi connectivity index (χ4v) is 2.82. The predicted molar refractivity (Wildman–Crippen MR) is 94.5 cm³/mol. The number of nitro groups is 1. The van der Waals surface area contributed by atoms with E-state index < -0.39 is 29.3 Å². The lowest BCUT2D eigenvalue weighted by Crippen LogP contribution is -2.24. The molecule has 28 heavy (non-hydrogen) atoms. The lowest BCUT2D eigenvalue weighted by atomic mass is 10.1. The summed E-state index contributed by atoms with van der Waals surface area (Å²) in [5.74, 6) is 0.0173. The van der Waals surface area contributed by atoms with Gasteiger partial charge in [0.2, 0.25) is 0 Å². The summed E-state index contributed by atoms with van der Waals surface area (Å²) in [6.45, 7) is 0.262. The van der Waals surface area contributed by atoms with Gasteiger partial charge in [0.05, 0.1) is 28.2 Å². The predicted octanol–water partition coefficient (Wildman–Crippen LogP) is 3.86. The Morgan fingerprint density at radius 3 is 2.68 bits per heavy atom. The summed E-state index contributed by atoms with van der Waals surface area (Å²) < 4.78 is 43.2. The lowest BCUT2D eigenvalue weighted by Gasteiger charge is -2.19. The molecule has 146 valence electrons. The van der Waals surface area contributed by atoms with Crippen LogP contribution in [0.2, 0.25) is 0 Å². The molecule has 0 amide bonds. The van der Waals surface area contributed by atoms with Crippen LogP contribution < -0.4 is 10.3 Å². The monoisotopic (exact) mass is 393 g/mol. The van der Waals surface area contributed by atoms with Gasteiger partial charge < -0.3 is 4.74 Å². The van der Waals surface area contributed by atoms with Crippen molar-refractivity contribution in [3.8, 4) is 5.75 Å². The molecule has 2 aromatic carbocycles. The second kappa shape index (κ2) is 7.29. The second-order valence-electron chi connectivity index (χ2n) is 6.05. The van der Waals surface area contributed by atoms with Gasteiger partial charge in [0.25, 0.3) is 11.2 Å². The number of non-ortho nitro benzene ring substituents is 1. The number of rotatable bonds is 5. The van der Waals surface area contributed by atoms with E-state index in [9.17, 15) is 28.1 Å². The first kappa shape index (κ1) is 19.3. The Kier molecular flexibility index (Phi) is 5.04. The van der Waals surface area contributed by atoms with Crippen molar-refractivity contribution in [1.29, 1.82) is 0 Å². The normalized spacial score (nSPS) is 12.7. The van der Waals surface area contributed by atoms with E-state index in [1.54, 1.807) is 13.0 Å². The number of alkyl halides is 3. The fraction of sp³-hybridized carbons (Fsp3) is 0.222. The highest BCUT2D eigenvalue weighted by Gasteiger charge is 2.28. The van der Waals surface area contributed by atoms with E-state index in [4.69, 9.17) is 4.74 Å². The van der Waals surface area contributed by atoms with Crippen LogP contribution in [0.1, 0.15) is 18.5 Å². The second-order valence-corrected chi connectivity index (χ2v) is 6.05. The number of hydrogen-bond donors (Lipinski definition) is 0. The summed E-state index contributed by atoms with van der Waals surface area (Å²) in [6, 6.07) is 9.33. The third kappa shape index (κ3) is 4.11. The third-order valence-corrected chi connectivity index (χ3v) is 4.11. The summed E-state index contributed by atoms with van der Waals surface area (Å²) in [5, 5.41) is 10.9. The molecule has 0 N–H and O–H groups in total. The van der Waals surface area contributed by atoms with Crippen molar-refractivity contribution in [2.45, 2.75) is 19.1 Å². The number of aromatic nitrogens is 2. The quantitative estimate of drug-likeness (QED) is 0.485. The summed E-state index contributed by atoms with van der Waals surface area (Å²) in [4.78, 5) is 26.7. The van der Waals surface area contributed by atoms with E-state index in [0.29, 0.717) is 11.1 Å². The molecule has 1 heterocycles. The molecule has 0 saturated heterocycles. The minimum atomic E-state index is -4.46. The van der Waals surface area contributed by atoms with E-state index in [2.05, 4.69) is 4.98 Å². The van der Waals surface area contributed by atoms with Crippen molar-refractivity contribution in [2.75, 3.05) is 6.61 Å². The number of nitrogens with zero attached hydrogens (tertiary/aromatic N) is 3. The molecule has 10 heteroatoms. The van der Waals surface area contributed by atoms with E-state index in [0.717, 1.165) is 6.20 Å². The van der Waals surface area contributed by atoms with Crippen molar-refractivity contribution >= 4 is 16.7 Å². The first-order chi connectivity index (χ1) is 13.2. The van der Waals surface area contributed by atoms with Crippen LogP contribution in [0.15, 0.2) is 53.5 Å². The zero-order chi connectivity index (χ0) is 20.5. The topological polar surface area (TPSA) is 87.3 Å². The van der Waals surface area contributed by atoms with Crippen molar-refractivity contribution in [2.24, 2.45) is 0 Å². The van der Waals surface area contributed by atoms with E-state index in [1.165, 1.54) is 41.0 Å². The number of nitro benzene ring substituents is 1. The third-order valence-electron chi connectivity index (χ3n) is 4.11. The number of fused-ring (bicyclic) bond motifs is 1. The van der Waals surface area contributed by atoms with Crippen LogP contribution in [0.25, 0.3) is 11.0 Å². The highest BCUT2D eigenvalue weighted by Crippen LogP contribution is 2.26. The van der Waals surface area contributed by atoms with Crippen LogP contribution in [0.4, 0.5) is 18.9 Å². The fourth-order valence-electron chi connectivity index (χ4n) is 2.82. The van der Waals surface area contributed by atoms with Crippen LogP contribution in [0.5, 0.6) is 5.75 Å². The Morgan fingerprint density at radius 1 is 1.25 bits per heavy atom. The molecule has 0 radical (unpaired) electrons.